The first kappa shape index (κ1) is 12.7. The first-order chi connectivity index (χ1) is 9.07. The van der Waals surface area contributed by atoms with Gasteiger partial charge in [-0.25, -0.2) is 4.52 Å². The summed E-state index contributed by atoms with van der Waals surface area (Å²) in [5, 5.41) is 4.86. The Morgan fingerprint density at radius 3 is 2.63 bits per heavy atom. The summed E-state index contributed by atoms with van der Waals surface area (Å²) in [6.07, 6.45) is 4.23. The molecule has 0 radical (unpaired) electrons. The SMILES string of the molecule is CC(C)(C)c1c(C2CCOCC2)nn2ccccc12. The molecule has 1 fully saturated rings. The molecular weight excluding hydrogens is 236 g/mol. The third-order valence-electron chi connectivity index (χ3n) is 3.93. The van der Waals surface area contributed by atoms with E-state index in [0.29, 0.717) is 5.92 Å². The minimum absolute atomic E-state index is 0.122. The van der Waals surface area contributed by atoms with Gasteiger partial charge in [0.25, 0.3) is 0 Å². The normalized spacial score (nSPS) is 18.1. The average Bonchev–Trinajstić information content (AvgIpc) is 2.79. The van der Waals surface area contributed by atoms with E-state index in [1.165, 1.54) is 16.8 Å². The van der Waals surface area contributed by atoms with Crippen molar-refractivity contribution < 1.29 is 4.74 Å². The lowest BCUT2D eigenvalue weighted by atomic mass is 9.81. The molecule has 0 unspecified atom stereocenters. The molecule has 0 aliphatic carbocycles. The van der Waals surface area contributed by atoms with E-state index >= 15 is 0 Å². The van der Waals surface area contributed by atoms with Gasteiger partial charge in [0, 0.05) is 30.9 Å². The molecule has 2 aromatic heterocycles. The van der Waals surface area contributed by atoms with Crippen molar-refractivity contribution >= 4 is 5.52 Å². The molecule has 102 valence electrons. The van der Waals surface area contributed by atoms with Gasteiger partial charge < -0.3 is 4.74 Å². The Morgan fingerprint density at radius 2 is 1.95 bits per heavy atom. The number of ether oxygens (including phenoxy) is 1. The van der Waals surface area contributed by atoms with Gasteiger partial charge in [-0.15, -0.1) is 0 Å². The summed E-state index contributed by atoms with van der Waals surface area (Å²) >= 11 is 0. The molecule has 0 N–H and O–H groups in total. The van der Waals surface area contributed by atoms with Crippen LogP contribution in [0.4, 0.5) is 0 Å². The molecule has 3 heteroatoms. The maximum atomic E-state index is 5.49. The number of aromatic nitrogens is 2. The lowest BCUT2D eigenvalue weighted by Gasteiger charge is -2.25. The van der Waals surface area contributed by atoms with Crippen LogP contribution >= 0.6 is 0 Å². The Labute approximate surface area is 114 Å². The summed E-state index contributed by atoms with van der Waals surface area (Å²) in [6.45, 7) is 8.56. The largest absolute Gasteiger partial charge is 0.381 e. The molecule has 19 heavy (non-hydrogen) atoms. The summed E-state index contributed by atoms with van der Waals surface area (Å²) in [5.41, 5.74) is 4.05. The number of hydrogen-bond acceptors (Lipinski definition) is 2. The molecule has 0 bridgehead atoms. The Hall–Kier alpha value is -1.35. The lowest BCUT2D eigenvalue weighted by Crippen LogP contribution is -2.19. The molecule has 0 saturated carbocycles. The molecule has 3 rings (SSSR count). The maximum absolute atomic E-state index is 5.49. The van der Waals surface area contributed by atoms with Crippen LogP contribution in [0.1, 0.15) is 50.8 Å². The summed E-state index contributed by atoms with van der Waals surface area (Å²) in [4.78, 5) is 0. The molecular formula is C16H22N2O. The molecule has 3 heterocycles. The van der Waals surface area contributed by atoms with Crippen LogP contribution < -0.4 is 0 Å². The van der Waals surface area contributed by atoms with Crippen molar-refractivity contribution in [3.63, 3.8) is 0 Å². The second-order valence-corrected chi connectivity index (χ2v) is 6.43. The van der Waals surface area contributed by atoms with Crippen LogP contribution in [-0.2, 0) is 10.2 Å². The van der Waals surface area contributed by atoms with Crippen LogP contribution in [-0.4, -0.2) is 22.8 Å². The van der Waals surface area contributed by atoms with Crippen molar-refractivity contribution in [2.45, 2.75) is 44.9 Å². The maximum Gasteiger partial charge on any atom is 0.0705 e. The van der Waals surface area contributed by atoms with Crippen LogP contribution in [0.25, 0.3) is 5.52 Å². The second kappa shape index (κ2) is 4.64. The van der Waals surface area contributed by atoms with Crippen molar-refractivity contribution in [3.8, 4) is 0 Å². The van der Waals surface area contributed by atoms with Crippen molar-refractivity contribution in [1.82, 2.24) is 9.61 Å². The fourth-order valence-corrected chi connectivity index (χ4v) is 3.04. The number of rotatable bonds is 1. The van der Waals surface area contributed by atoms with Gasteiger partial charge in [0.05, 0.1) is 11.2 Å². The summed E-state index contributed by atoms with van der Waals surface area (Å²) in [5.74, 6) is 0.544. The van der Waals surface area contributed by atoms with Crippen molar-refractivity contribution in [3.05, 3.63) is 35.7 Å². The third kappa shape index (κ3) is 2.27. The number of fused-ring (bicyclic) bond motifs is 1. The smallest absolute Gasteiger partial charge is 0.0705 e. The zero-order chi connectivity index (χ0) is 13.5. The van der Waals surface area contributed by atoms with Gasteiger partial charge in [-0.1, -0.05) is 26.8 Å². The summed E-state index contributed by atoms with van der Waals surface area (Å²) in [7, 11) is 0. The second-order valence-electron chi connectivity index (χ2n) is 6.43. The van der Waals surface area contributed by atoms with E-state index < -0.39 is 0 Å². The molecule has 0 aromatic carbocycles. The Kier molecular flexibility index (Phi) is 3.09. The predicted molar refractivity (Wildman–Crippen MR) is 76.7 cm³/mol. The molecule has 2 aromatic rings. The third-order valence-corrected chi connectivity index (χ3v) is 3.93. The number of nitrogens with zero attached hydrogens (tertiary/aromatic N) is 2. The first-order valence-corrected chi connectivity index (χ1v) is 7.13. The molecule has 1 aliphatic heterocycles. The van der Waals surface area contributed by atoms with Crippen LogP contribution in [0.2, 0.25) is 0 Å². The van der Waals surface area contributed by atoms with Gasteiger partial charge in [-0.3, -0.25) is 0 Å². The van der Waals surface area contributed by atoms with Gasteiger partial charge >= 0.3 is 0 Å². The van der Waals surface area contributed by atoms with Gasteiger partial charge in [0.1, 0.15) is 0 Å². The highest BCUT2D eigenvalue weighted by atomic mass is 16.5. The summed E-state index contributed by atoms with van der Waals surface area (Å²) < 4.78 is 7.52. The van der Waals surface area contributed by atoms with Crippen LogP contribution in [0.15, 0.2) is 24.4 Å². The van der Waals surface area contributed by atoms with E-state index in [-0.39, 0.29) is 5.41 Å². The highest BCUT2D eigenvalue weighted by molar-refractivity contribution is 5.60. The highest BCUT2D eigenvalue weighted by Crippen LogP contribution is 2.37. The van der Waals surface area contributed by atoms with Gasteiger partial charge in [-0.2, -0.15) is 5.10 Å². The van der Waals surface area contributed by atoms with Gasteiger partial charge in [-0.05, 0) is 30.4 Å². The molecule has 1 aliphatic rings. The molecule has 0 spiro atoms. The monoisotopic (exact) mass is 258 g/mol. The fraction of sp³-hybridized carbons (Fsp3) is 0.562. The van der Waals surface area contributed by atoms with E-state index in [2.05, 4.69) is 32.9 Å². The highest BCUT2D eigenvalue weighted by Gasteiger charge is 2.29. The molecule has 0 amide bonds. The zero-order valence-electron chi connectivity index (χ0n) is 12.0. The minimum atomic E-state index is 0.122. The predicted octanol–water partition coefficient (Wildman–Crippen LogP) is 3.53. The molecule has 0 atom stereocenters. The summed E-state index contributed by atoms with van der Waals surface area (Å²) in [6, 6.07) is 6.32. The van der Waals surface area contributed by atoms with Gasteiger partial charge in [0.2, 0.25) is 0 Å². The van der Waals surface area contributed by atoms with E-state index in [1.807, 2.05) is 16.8 Å². The van der Waals surface area contributed by atoms with E-state index in [1.54, 1.807) is 0 Å². The quantitative estimate of drug-likeness (QED) is 0.782. The topological polar surface area (TPSA) is 26.5 Å². The number of hydrogen-bond donors (Lipinski definition) is 0. The van der Waals surface area contributed by atoms with Crippen molar-refractivity contribution in [2.75, 3.05) is 13.2 Å². The van der Waals surface area contributed by atoms with E-state index in [4.69, 9.17) is 9.84 Å². The standard InChI is InChI=1S/C16H22N2O/c1-16(2,3)14-13-6-4-5-9-18(13)17-15(14)12-7-10-19-11-8-12/h4-6,9,12H,7-8,10-11H2,1-3H3. The minimum Gasteiger partial charge on any atom is -0.381 e. The number of pyridine rings is 1. The Morgan fingerprint density at radius 1 is 1.21 bits per heavy atom. The van der Waals surface area contributed by atoms with E-state index in [9.17, 15) is 0 Å². The molecule has 3 nitrogen and oxygen atoms in total. The Balaban J connectivity index is 2.17. The lowest BCUT2D eigenvalue weighted by molar-refractivity contribution is 0.0841. The van der Waals surface area contributed by atoms with Crippen molar-refractivity contribution in [2.24, 2.45) is 0 Å². The molecule has 1 saturated heterocycles. The first-order valence-electron chi connectivity index (χ1n) is 7.13. The van der Waals surface area contributed by atoms with Crippen molar-refractivity contribution in [1.29, 1.82) is 0 Å². The van der Waals surface area contributed by atoms with Crippen LogP contribution in [0.3, 0.4) is 0 Å². The fourth-order valence-electron chi connectivity index (χ4n) is 3.04. The van der Waals surface area contributed by atoms with Gasteiger partial charge in [0.15, 0.2) is 0 Å². The van der Waals surface area contributed by atoms with Crippen LogP contribution in [0.5, 0.6) is 0 Å². The van der Waals surface area contributed by atoms with Crippen LogP contribution in [0, 0.1) is 0 Å². The zero-order valence-corrected chi connectivity index (χ0v) is 12.0. The van der Waals surface area contributed by atoms with E-state index in [0.717, 1.165) is 26.1 Å². The Bertz CT molecular complexity index is 574. The average molecular weight is 258 g/mol.